The first-order valence-electron chi connectivity index (χ1n) is 6.51. The van der Waals surface area contributed by atoms with Crippen LogP contribution in [-0.4, -0.2) is 9.24 Å². The Labute approximate surface area is 137 Å². The largest absolute Gasteiger partial charge is 0.325 e. The summed E-state index contributed by atoms with van der Waals surface area (Å²) >= 11 is 8.98. The maximum atomic E-state index is 5.50. The highest BCUT2D eigenvalue weighted by atomic mass is 79.9. The van der Waals surface area contributed by atoms with Gasteiger partial charge in [0.1, 0.15) is 0 Å². The molecule has 5 heteroatoms. The van der Waals surface area contributed by atoms with E-state index in [1.54, 1.807) is 0 Å². The van der Waals surface area contributed by atoms with Crippen LogP contribution in [0.4, 0.5) is 5.69 Å². The molecule has 0 saturated heterocycles. The summed E-state index contributed by atoms with van der Waals surface area (Å²) in [5.41, 5.74) is 6.49. The summed E-state index contributed by atoms with van der Waals surface area (Å²) < 4.78 is 5.60. The van der Waals surface area contributed by atoms with Gasteiger partial charge < -0.3 is 4.57 Å². The molecule has 0 amide bonds. The summed E-state index contributed by atoms with van der Waals surface area (Å²) in [5, 5.41) is 0. The molecule has 1 heterocycles. The Hall–Kier alpha value is -1.85. The van der Waals surface area contributed by atoms with Crippen LogP contribution < -0.4 is 5.43 Å². The van der Waals surface area contributed by atoms with E-state index >= 15 is 0 Å². The molecular formula is C16H14BrN3S. The zero-order chi connectivity index (χ0) is 14.8. The lowest BCUT2D eigenvalue weighted by Crippen LogP contribution is -2.11. The van der Waals surface area contributed by atoms with Gasteiger partial charge in [0.05, 0.1) is 11.4 Å². The van der Waals surface area contributed by atoms with Gasteiger partial charge in [-0.25, -0.2) is 4.68 Å². The number of hydrogen-bond donors (Lipinski definition) is 1. The van der Waals surface area contributed by atoms with Gasteiger partial charge >= 0.3 is 0 Å². The number of nitrogens with zero attached hydrogens (tertiary/aromatic N) is 2. The number of aryl methyl sites for hydroxylation is 1. The molecule has 21 heavy (non-hydrogen) atoms. The van der Waals surface area contributed by atoms with E-state index in [4.69, 9.17) is 12.2 Å². The second-order valence-corrected chi connectivity index (χ2v) is 6.01. The van der Waals surface area contributed by atoms with E-state index in [0.29, 0.717) is 4.77 Å². The van der Waals surface area contributed by atoms with Crippen molar-refractivity contribution in [3.8, 4) is 11.3 Å². The minimum absolute atomic E-state index is 0.717. The molecule has 0 unspecified atom stereocenters. The van der Waals surface area contributed by atoms with E-state index in [9.17, 15) is 0 Å². The first-order chi connectivity index (χ1) is 10.1. The van der Waals surface area contributed by atoms with Gasteiger partial charge in [0.2, 0.25) is 0 Å². The third-order valence-electron chi connectivity index (χ3n) is 3.18. The normalized spacial score (nSPS) is 10.6. The van der Waals surface area contributed by atoms with E-state index in [1.165, 1.54) is 0 Å². The monoisotopic (exact) mass is 359 g/mol. The van der Waals surface area contributed by atoms with Crippen molar-refractivity contribution >= 4 is 33.8 Å². The van der Waals surface area contributed by atoms with Crippen molar-refractivity contribution in [3.05, 3.63) is 70.0 Å². The lowest BCUT2D eigenvalue weighted by atomic mass is 10.2. The van der Waals surface area contributed by atoms with Gasteiger partial charge in [-0.3, -0.25) is 5.43 Å². The van der Waals surface area contributed by atoms with Crippen molar-refractivity contribution in [1.29, 1.82) is 0 Å². The number of nitrogens with one attached hydrogen (secondary N) is 1. The van der Waals surface area contributed by atoms with E-state index < -0.39 is 0 Å². The maximum Gasteiger partial charge on any atom is 0.199 e. The molecule has 3 nitrogen and oxygen atoms in total. The first kappa shape index (κ1) is 14.1. The van der Waals surface area contributed by atoms with Crippen LogP contribution >= 0.6 is 28.1 Å². The third-order valence-corrected chi connectivity index (χ3v) is 4.15. The lowest BCUT2D eigenvalue weighted by Gasteiger charge is -2.11. The summed E-state index contributed by atoms with van der Waals surface area (Å²) in [4.78, 5) is 0. The molecule has 1 N–H and O–H groups in total. The van der Waals surface area contributed by atoms with Gasteiger partial charge in [-0.05, 0) is 30.4 Å². The average molecular weight is 360 g/mol. The van der Waals surface area contributed by atoms with Crippen LogP contribution in [0.2, 0.25) is 0 Å². The van der Waals surface area contributed by atoms with Gasteiger partial charge in [-0.1, -0.05) is 52.3 Å². The smallest absolute Gasteiger partial charge is 0.199 e. The van der Waals surface area contributed by atoms with E-state index in [1.807, 2.05) is 65.0 Å². The highest BCUT2D eigenvalue weighted by Crippen LogP contribution is 2.22. The predicted octanol–water partition coefficient (Wildman–Crippen LogP) is 4.86. The Kier molecular flexibility index (Phi) is 3.94. The quantitative estimate of drug-likeness (QED) is 0.674. The minimum atomic E-state index is 0.717. The number of anilines is 1. The molecule has 0 aliphatic heterocycles. The molecule has 106 valence electrons. The lowest BCUT2D eigenvalue weighted by molar-refractivity contribution is 0.834. The second-order valence-electron chi connectivity index (χ2n) is 4.73. The van der Waals surface area contributed by atoms with Crippen molar-refractivity contribution in [2.75, 3.05) is 5.43 Å². The predicted molar refractivity (Wildman–Crippen MR) is 92.8 cm³/mol. The highest BCUT2D eigenvalue weighted by molar-refractivity contribution is 9.10. The van der Waals surface area contributed by atoms with E-state index in [0.717, 1.165) is 21.4 Å². The van der Waals surface area contributed by atoms with E-state index in [2.05, 4.69) is 33.5 Å². The fourth-order valence-corrected chi connectivity index (χ4v) is 2.76. The number of hydrogen-bond acceptors (Lipinski definition) is 2. The summed E-state index contributed by atoms with van der Waals surface area (Å²) in [6, 6.07) is 18.2. The molecule has 0 aliphatic rings. The van der Waals surface area contributed by atoms with Crippen LogP contribution in [0.3, 0.4) is 0 Å². The van der Waals surface area contributed by atoms with Gasteiger partial charge in [0.15, 0.2) is 4.77 Å². The van der Waals surface area contributed by atoms with Crippen LogP contribution in [0.1, 0.15) is 0 Å². The molecule has 0 atom stereocenters. The van der Waals surface area contributed by atoms with Crippen molar-refractivity contribution in [2.45, 2.75) is 0 Å². The van der Waals surface area contributed by atoms with Crippen LogP contribution in [0, 0.1) is 4.77 Å². The molecule has 0 saturated carbocycles. The third kappa shape index (κ3) is 2.94. The summed E-state index contributed by atoms with van der Waals surface area (Å²) in [5.74, 6) is 0. The molecule has 3 rings (SSSR count). The highest BCUT2D eigenvalue weighted by Gasteiger charge is 2.09. The second kappa shape index (κ2) is 5.87. The Morgan fingerprint density at radius 3 is 2.52 bits per heavy atom. The molecule has 0 spiro atoms. The molecule has 0 fully saturated rings. The fourth-order valence-electron chi connectivity index (χ4n) is 2.16. The molecule has 0 aliphatic carbocycles. The molecule has 2 aromatic carbocycles. The van der Waals surface area contributed by atoms with Gasteiger partial charge in [0.25, 0.3) is 0 Å². The fraction of sp³-hybridized carbons (Fsp3) is 0.0625. The number of rotatable bonds is 3. The van der Waals surface area contributed by atoms with Crippen LogP contribution in [0.15, 0.2) is 65.3 Å². The summed E-state index contributed by atoms with van der Waals surface area (Å²) in [6.45, 7) is 0. The summed E-state index contributed by atoms with van der Waals surface area (Å²) in [6.07, 6.45) is 2.03. The van der Waals surface area contributed by atoms with E-state index in [-0.39, 0.29) is 0 Å². The van der Waals surface area contributed by atoms with Gasteiger partial charge in [-0.15, -0.1) is 0 Å². The zero-order valence-electron chi connectivity index (χ0n) is 11.5. The van der Waals surface area contributed by atoms with Crippen molar-refractivity contribution in [3.63, 3.8) is 0 Å². The number of halogens is 1. The Balaban J connectivity index is 2.08. The zero-order valence-corrected chi connectivity index (χ0v) is 13.9. The minimum Gasteiger partial charge on any atom is -0.325 e. The molecule has 1 aromatic heterocycles. The number of benzene rings is 2. The van der Waals surface area contributed by atoms with Crippen LogP contribution in [-0.2, 0) is 7.05 Å². The Bertz CT molecular complexity index is 821. The average Bonchev–Trinajstić information content (AvgIpc) is 2.77. The number of aromatic nitrogens is 2. The molecule has 0 bridgehead atoms. The van der Waals surface area contributed by atoms with Gasteiger partial charge in [-0.2, -0.15) is 0 Å². The standard InChI is InChI=1S/C16H14BrN3S/c1-19-11-15(12-6-3-2-4-7-12)20(16(19)21)18-14-9-5-8-13(17)10-14/h2-11,18H,1H3. The molecule has 3 aromatic rings. The Morgan fingerprint density at radius 2 is 1.81 bits per heavy atom. The maximum absolute atomic E-state index is 5.50. The SMILES string of the molecule is Cn1cc(-c2ccccc2)n(Nc2cccc(Br)c2)c1=S. The Morgan fingerprint density at radius 1 is 1.05 bits per heavy atom. The summed E-state index contributed by atoms with van der Waals surface area (Å²) in [7, 11) is 1.95. The van der Waals surface area contributed by atoms with Crippen molar-refractivity contribution in [1.82, 2.24) is 9.24 Å². The van der Waals surface area contributed by atoms with Crippen molar-refractivity contribution < 1.29 is 0 Å². The topological polar surface area (TPSA) is 21.9 Å². The number of imidazole rings is 1. The van der Waals surface area contributed by atoms with Crippen LogP contribution in [0.5, 0.6) is 0 Å². The van der Waals surface area contributed by atoms with Crippen LogP contribution in [0.25, 0.3) is 11.3 Å². The van der Waals surface area contributed by atoms with Gasteiger partial charge in [0, 0.05) is 23.3 Å². The first-order valence-corrected chi connectivity index (χ1v) is 7.71. The molecule has 0 radical (unpaired) electrons. The molecular weight excluding hydrogens is 346 g/mol. The van der Waals surface area contributed by atoms with Crippen molar-refractivity contribution in [2.24, 2.45) is 7.05 Å².